The van der Waals surface area contributed by atoms with Gasteiger partial charge in [0.05, 0.1) is 63.2 Å². The third kappa shape index (κ3) is 18.2. The molecule has 4 N–H and O–H groups in total. The molecule has 0 aromatic heterocycles. The number of rotatable bonds is 25. The Balaban J connectivity index is 4.84. The Morgan fingerprint density at radius 3 is 1.81 bits per heavy atom. The van der Waals surface area contributed by atoms with E-state index in [0.717, 1.165) is 24.1 Å². The maximum Gasteiger partial charge on any atom is 0.495 e. The highest BCUT2D eigenvalue weighted by atomic mass is 32.2. The lowest BCUT2D eigenvalue weighted by atomic mass is 10.1. The van der Waals surface area contributed by atoms with Crippen LogP contribution < -0.4 is 0 Å². The van der Waals surface area contributed by atoms with E-state index in [1.54, 1.807) is 0 Å². The molecule has 0 aromatic carbocycles. The summed E-state index contributed by atoms with van der Waals surface area (Å²) in [6, 6.07) is 0.206. The monoisotopic (exact) mass is 559 g/mol. The lowest BCUT2D eigenvalue weighted by molar-refractivity contribution is -0.928. The molecule has 12 heteroatoms. The normalized spacial score (nSPS) is 14.8. The fourth-order valence-corrected chi connectivity index (χ4v) is 6.50. The second kappa shape index (κ2) is 19.0. The molecule has 218 valence electrons. The molecule has 0 rings (SSSR count). The van der Waals surface area contributed by atoms with Crippen molar-refractivity contribution in [1.82, 2.24) is 0 Å². The Morgan fingerprint density at radius 1 is 0.750 bits per heavy atom. The van der Waals surface area contributed by atoms with Gasteiger partial charge in [-0.2, -0.15) is 0 Å². The molecule has 0 saturated heterocycles. The van der Waals surface area contributed by atoms with Gasteiger partial charge in [-0.25, -0.2) is 8.42 Å². The van der Waals surface area contributed by atoms with Crippen LogP contribution in [0.3, 0.4) is 0 Å². The molecule has 0 aliphatic rings. The third-order valence-electron chi connectivity index (χ3n) is 7.13. The minimum absolute atomic E-state index is 0.0169. The summed E-state index contributed by atoms with van der Waals surface area (Å²) in [4.78, 5) is 21.1. The van der Waals surface area contributed by atoms with Crippen LogP contribution in [-0.2, 0) is 14.5 Å². The summed E-state index contributed by atoms with van der Waals surface area (Å²) in [6.07, 6.45) is 9.14. The minimum atomic E-state index is -4.35. The van der Waals surface area contributed by atoms with Crippen molar-refractivity contribution in [2.24, 2.45) is 0 Å². The van der Waals surface area contributed by atoms with Crippen molar-refractivity contribution in [3.05, 3.63) is 0 Å². The van der Waals surface area contributed by atoms with Crippen LogP contribution in [0.15, 0.2) is 0 Å². The molecule has 0 aromatic rings. The van der Waals surface area contributed by atoms with E-state index in [-0.39, 0.29) is 62.9 Å². The summed E-state index contributed by atoms with van der Waals surface area (Å²) in [7, 11) is -5.97. The second-order valence-electron chi connectivity index (χ2n) is 10.6. The number of nitrogens with zero attached hydrogens (tertiary/aromatic N) is 2. The molecule has 0 aliphatic heterocycles. The van der Waals surface area contributed by atoms with Gasteiger partial charge in [0, 0.05) is 24.6 Å². The van der Waals surface area contributed by atoms with E-state index in [4.69, 9.17) is 4.43 Å². The fourth-order valence-electron chi connectivity index (χ4n) is 4.84. The molecular weight excluding hydrogens is 504 g/mol. The summed E-state index contributed by atoms with van der Waals surface area (Å²) < 4.78 is 39.5. The van der Waals surface area contributed by atoms with Crippen molar-refractivity contribution in [3.8, 4) is 0 Å². The van der Waals surface area contributed by atoms with E-state index >= 15 is 0 Å². The largest absolute Gasteiger partial charge is 0.748 e. The summed E-state index contributed by atoms with van der Waals surface area (Å²) in [5.74, 6) is -0.517. The van der Waals surface area contributed by atoms with Gasteiger partial charge in [-0.1, -0.05) is 33.1 Å². The molecule has 0 saturated carbocycles. The molecule has 0 spiro atoms. The van der Waals surface area contributed by atoms with Gasteiger partial charge in [-0.3, -0.25) is 0 Å². The van der Waals surface area contributed by atoms with Gasteiger partial charge in [0.25, 0.3) is 0 Å². The van der Waals surface area contributed by atoms with Crippen molar-refractivity contribution in [2.75, 3.05) is 78.4 Å². The molecule has 10 nitrogen and oxygen atoms in total. The van der Waals surface area contributed by atoms with Crippen molar-refractivity contribution < 1.29 is 46.2 Å². The Hall–Kier alpha value is -0.153. The lowest BCUT2D eigenvalue weighted by Gasteiger charge is -2.38. The zero-order chi connectivity index (χ0) is 27.6. The first kappa shape index (κ1) is 35.8. The topological polar surface area (TPSA) is 147 Å². The molecule has 0 amide bonds. The zero-order valence-corrected chi connectivity index (χ0v) is 24.9. The van der Waals surface area contributed by atoms with Crippen LogP contribution in [0.25, 0.3) is 0 Å². The van der Waals surface area contributed by atoms with E-state index < -0.39 is 24.7 Å². The van der Waals surface area contributed by atoms with Gasteiger partial charge in [0.1, 0.15) is 19.6 Å². The van der Waals surface area contributed by atoms with Crippen LogP contribution in [-0.4, -0.2) is 129 Å². The van der Waals surface area contributed by atoms with E-state index in [1.807, 2.05) is 0 Å². The van der Waals surface area contributed by atoms with Crippen LogP contribution in [0.1, 0.15) is 71.6 Å². The van der Waals surface area contributed by atoms with Crippen LogP contribution in [0.2, 0.25) is 6.04 Å². The fraction of sp³-hybridized carbons (Fsp3) is 1.00. The summed E-state index contributed by atoms with van der Waals surface area (Å²) >= 11 is 0. The minimum Gasteiger partial charge on any atom is -0.748 e. The first-order valence-corrected chi connectivity index (χ1v) is 17.4. The van der Waals surface area contributed by atoms with Crippen LogP contribution in [0.4, 0.5) is 0 Å². The van der Waals surface area contributed by atoms with E-state index in [0.29, 0.717) is 6.42 Å². The predicted octanol–water partition coefficient (Wildman–Crippen LogP) is 1.27. The Kier molecular flexibility index (Phi) is 18.9. The number of unbranched alkanes of at least 4 members (excludes halogenated alkanes) is 5. The first-order valence-electron chi connectivity index (χ1n) is 13.8. The number of hydrogen-bond acceptors (Lipinski definition) is 8. The van der Waals surface area contributed by atoms with E-state index in [9.17, 15) is 32.8 Å². The number of hydrogen-bond donors (Lipinski definition) is 4. The first-order chi connectivity index (χ1) is 16.9. The Labute approximate surface area is 221 Å². The molecule has 1 atom stereocenters. The maximum atomic E-state index is 11.0. The van der Waals surface area contributed by atoms with Gasteiger partial charge in [0.2, 0.25) is 0 Å². The van der Waals surface area contributed by atoms with E-state index in [1.165, 1.54) is 44.9 Å². The van der Waals surface area contributed by atoms with E-state index in [2.05, 4.69) is 20.9 Å². The van der Waals surface area contributed by atoms with Crippen molar-refractivity contribution in [1.29, 1.82) is 0 Å². The highest BCUT2D eigenvalue weighted by Crippen LogP contribution is 2.17. The van der Waals surface area contributed by atoms with Gasteiger partial charge < -0.3 is 37.7 Å². The molecule has 0 bridgehead atoms. The van der Waals surface area contributed by atoms with Crippen LogP contribution in [0.5, 0.6) is 0 Å². The summed E-state index contributed by atoms with van der Waals surface area (Å²) in [6.45, 7) is 8.15. The molecule has 0 heterocycles. The number of aliphatic hydroxyl groups is 2. The third-order valence-corrected chi connectivity index (χ3v) is 9.59. The smallest absolute Gasteiger partial charge is 0.495 e. The summed E-state index contributed by atoms with van der Waals surface area (Å²) in [5.41, 5.74) is 0. The Morgan fingerprint density at radius 2 is 1.28 bits per heavy atom. The molecule has 0 radical (unpaired) electrons. The molecule has 36 heavy (non-hydrogen) atoms. The Bertz CT molecular complexity index is 648. The van der Waals surface area contributed by atoms with Gasteiger partial charge in [-0.15, -0.1) is 0 Å². The zero-order valence-electron chi connectivity index (χ0n) is 23.1. The van der Waals surface area contributed by atoms with Gasteiger partial charge in [-0.05, 0) is 25.7 Å². The van der Waals surface area contributed by atoms with Crippen molar-refractivity contribution in [2.45, 2.75) is 77.7 Å². The van der Waals surface area contributed by atoms with Crippen molar-refractivity contribution >= 4 is 18.9 Å². The maximum absolute atomic E-state index is 11.0. The predicted molar refractivity (Wildman–Crippen MR) is 143 cm³/mol. The summed E-state index contributed by atoms with van der Waals surface area (Å²) in [5, 5.41) is 19.0. The quantitative estimate of drug-likeness (QED) is 0.0566. The van der Waals surface area contributed by atoms with Crippen LogP contribution in [0, 0.1) is 0 Å². The number of quaternary nitrogens is 2. The average Bonchev–Trinajstić information content (AvgIpc) is 2.76. The standard InChI is InChI=1S/C24H55N2O8SSi/c1-4-6-8-10-14-25(3,13-9-7-5-2)15-12-24-36(32,33)34-22-19-26(17-20-27,18-21-28)16-11-23-35(29,30)31/h27-28,32-33H,4-24H2,1-3H3/q+1. The molecular formula is C24H55N2O8SSi+. The molecule has 0 fully saturated rings. The SMILES string of the molecule is CCCCCC[N+](C)(CCCCC)CCC[Si](O)(O)OCC[N+](CCO)(CCO)CCCS(=O)(=O)[O-]. The highest BCUT2D eigenvalue weighted by molar-refractivity contribution is 7.85. The second-order valence-corrected chi connectivity index (χ2v) is 14.4. The van der Waals surface area contributed by atoms with Crippen LogP contribution >= 0.6 is 0 Å². The lowest BCUT2D eigenvalue weighted by Crippen LogP contribution is -2.55. The number of aliphatic hydroxyl groups excluding tert-OH is 2. The molecule has 0 aliphatic carbocycles. The highest BCUT2D eigenvalue weighted by Gasteiger charge is 2.35. The van der Waals surface area contributed by atoms with Gasteiger partial charge >= 0.3 is 8.80 Å². The van der Waals surface area contributed by atoms with Gasteiger partial charge in [0.15, 0.2) is 0 Å². The van der Waals surface area contributed by atoms with Crippen molar-refractivity contribution in [3.63, 3.8) is 0 Å². The molecule has 1 unspecified atom stereocenters. The average molecular weight is 560 g/mol.